The molecule has 1 N–H and O–H groups in total. The van der Waals surface area contributed by atoms with Crippen LogP contribution < -0.4 is 10.1 Å². The molecule has 0 aromatic heterocycles. The Bertz CT molecular complexity index is 413. The zero-order valence-corrected chi connectivity index (χ0v) is 11.1. The predicted molar refractivity (Wildman–Crippen MR) is 73.1 cm³/mol. The second-order valence-electron chi connectivity index (χ2n) is 5.29. The lowest BCUT2D eigenvalue weighted by Crippen LogP contribution is -2.38. The van der Waals surface area contributed by atoms with E-state index >= 15 is 0 Å². The molecule has 3 rings (SSSR count). The Hall–Kier alpha value is -1.06. The van der Waals surface area contributed by atoms with Crippen molar-refractivity contribution in [2.45, 2.75) is 25.3 Å². The van der Waals surface area contributed by atoms with E-state index < -0.39 is 0 Å². The van der Waals surface area contributed by atoms with Crippen molar-refractivity contribution in [2.75, 3.05) is 33.3 Å². The second-order valence-corrected chi connectivity index (χ2v) is 5.29. The van der Waals surface area contributed by atoms with Gasteiger partial charge in [0.2, 0.25) is 0 Å². The third-order valence-electron chi connectivity index (χ3n) is 4.17. The minimum Gasteiger partial charge on any atom is -0.496 e. The number of nitrogens with zero attached hydrogens (tertiary/aromatic N) is 1. The molecule has 18 heavy (non-hydrogen) atoms. The lowest BCUT2D eigenvalue weighted by Gasteiger charge is -2.31. The van der Waals surface area contributed by atoms with Gasteiger partial charge in [-0.15, -0.1) is 0 Å². The van der Waals surface area contributed by atoms with E-state index in [0.717, 1.165) is 25.3 Å². The molecule has 1 saturated heterocycles. The van der Waals surface area contributed by atoms with Gasteiger partial charge in [0.1, 0.15) is 5.75 Å². The van der Waals surface area contributed by atoms with Gasteiger partial charge in [-0.2, -0.15) is 0 Å². The van der Waals surface area contributed by atoms with Crippen LogP contribution in [0.15, 0.2) is 18.2 Å². The van der Waals surface area contributed by atoms with Gasteiger partial charge in [0, 0.05) is 18.2 Å². The van der Waals surface area contributed by atoms with Crippen molar-refractivity contribution in [1.82, 2.24) is 10.2 Å². The molecule has 2 aliphatic rings. The summed E-state index contributed by atoms with van der Waals surface area (Å²) in [5.74, 6) is 1.06. The summed E-state index contributed by atoms with van der Waals surface area (Å²) in [7, 11) is 1.77. The topological polar surface area (TPSA) is 24.5 Å². The Labute approximate surface area is 109 Å². The number of rotatable bonds is 3. The van der Waals surface area contributed by atoms with E-state index in [1.54, 1.807) is 7.11 Å². The van der Waals surface area contributed by atoms with E-state index in [0.29, 0.717) is 6.04 Å². The summed E-state index contributed by atoms with van der Waals surface area (Å²) >= 11 is 0. The highest BCUT2D eigenvalue weighted by molar-refractivity contribution is 5.43. The van der Waals surface area contributed by atoms with Gasteiger partial charge in [-0.05, 0) is 50.5 Å². The number of likely N-dealkylation sites (tertiary alicyclic amines) is 1. The van der Waals surface area contributed by atoms with E-state index in [4.69, 9.17) is 4.74 Å². The Morgan fingerprint density at radius 3 is 2.94 bits per heavy atom. The van der Waals surface area contributed by atoms with Crippen LogP contribution in [0.3, 0.4) is 0 Å². The van der Waals surface area contributed by atoms with Crippen LogP contribution >= 0.6 is 0 Å². The highest BCUT2D eigenvalue weighted by Crippen LogP contribution is 2.31. The van der Waals surface area contributed by atoms with Gasteiger partial charge >= 0.3 is 0 Å². The first-order valence-electron chi connectivity index (χ1n) is 7.00. The Morgan fingerprint density at radius 2 is 2.17 bits per heavy atom. The number of methoxy groups -OCH3 is 1. The molecule has 0 spiro atoms. The zero-order chi connectivity index (χ0) is 12.4. The van der Waals surface area contributed by atoms with Gasteiger partial charge in [-0.25, -0.2) is 0 Å². The predicted octanol–water partition coefficient (Wildman–Crippen LogP) is 1.98. The van der Waals surface area contributed by atoms with E-state index in [2.05, 4.69) is 28.4 Å². The summed E-state index contributed by atoms with van der Waals surface area (Å²) in [6, 6.07) is 6.92. The fourth-order valence-electron chi connectivity index (χ4n) is 3.24. The van der Waals surface area contributed by atoms with Crippen molar-refractivity contribution in [3.8, 4) is 5.75 Å². The maximum atomic E-state index is 5.49. The number of fused-ring (bicyclic) bond motifs is 1. The van der Waals surface area contributed by atoms with Gasteiger partial charge < -0.3 is 15.0 Å². The van der Waals surface area contributed by atoms with Crippen LogP contribution in [0.4, 0.5) is 0 Å². The molecule has 0 unspecified atom stereocenters. The average Bonchev–Trinajstić information content (AvgIpc) is 2.91. The number of nitrogens with one attached hydrogen (secondary N) is 1. The minimum atomic E-state index is 0.474. The van der Waals surface area contributed by atoms with Gasteiger partial charge in [-0.1, -0.05) is 12.1 Å². The monoisotopic (exact) mass is 246 g/mol. The molecule has 1 fully saturated rings. The van der Waals surface area contributed by atoms with E-state index in [9.17, 15) is 0 Å². The van der Waals surface area contributed by atoms with Crippen LogP contribution in [0, 0.1) is 0 Å². The molecule has 3 nitrogen and oxygen atoms in total. The quantitative estimate of drug-likeness (QED) is 0.882. The molecule has 0 radical (unpaired) electrons. The Balaban J connectivity index is 1.82. The Kier molecular flexibility index (Phi) is 3.52. The molecular weight excluding hydrogens is 224 g/mol. The standard InChI is InChI=1S/C15H22N2O/c1-18-15-6-4-5-12-13(15)7-8-16-14(12)11-17-9-2-3-10-17/h4-6,14,16H,2-3,7-11H2,1H3/t14-/m1/s1. The van der Waals surface area contributed by atoms with Crippen molar-refractivity contribution >= 4 is 0 Å². The largest absolute Gasteiger partial charge is 0.496 e. The molecule has 0 bridgehead atoms. The molecule has 2 aliphatic heterocycles. The van der Waals surface area contributed by atoms with E-state index in [1.807, 2.05) is 0 Å². The van der Waals surface area contributed by atoms with Crippen LogP contribution in [-0.4, -0.2) is 38.2 Å². The molecule has 1 aromatic rings. The van der Waals surface area contributed by atoms with Gasteiger partial charge in [0.15, 0.2) is 0 Å². The van der Waals surface area contributed by atoms with E-state index in [1.165, 1.54) is 37.1 Å². The average molecular weight is 246 g/mol. The smallest absolute Gasteiger partial charge is 0.122 e. The lowest BCUT2D eigenvalue weighted by molar-refractivity contribution is 0.286. The molecule has 1 atom stereocenters. The second kappa shape index (κ2) is 5.29. The van der Waals surface area contributed by atoms with Gasteiger partial charge in [-0.3, -0.25) is 0 Å². The van der Waals surface area contributed by atoms with Crippen LogP contribution in [0.2, 0.25) is 0 Å². The zero-order valence-electron chi connectivity index (χ0n) is 11.1. The maximum Gasteiger partial charge on any atom is 0.122 e. The van der Waals surface area contributed by atoms with Gasteiger partial charge in [0.05, 0.1) is 7.11 Å². The maximum absolute atomic E-state index is 5.49. The van der Waals surface area contributed by atoms with Crippen molar-refractivity contribution in [2.24, 2.45) is 0 Å². The summed E-state index contributed by atoms with van der Waals surface area (Å²) in [5, 5.41) is 3.66. The van der Waals surface area contributed by atoms with Crippen LogP contribution in [0.25, 0.3) is 0 Å². The summed E-state index contributed by atoms with van der Waals surface area (Å²) in [6.07, 6.45) is 3.80. The highest BCUT2D eigenvalue weighted by atomic mass is 16.5. The van der Waals surface area contributed by atoms with Crippen molar-refractivity contribution < 1.29 is 4.74 Å². The van der Waals surface area contributed by atoms with Crippen LogP contribution in [-0.2, 0) is 6.42 Å². The lowest BCUT2D eigenvalue weighted by atomic mass is 9.93. The first kappa shape index (κ1) is 12.0. The number of hydrogen-bond acceptors (Lipinski definition) is 3. The van der Waals surface area contributed by atoms with Crippen molar-refractivity contribution in [3.05, 3.63) is 29.3 Å². The summed E-state index contributed by atoms with van der Waals surface area (Å²) in [6.45, 7) is 4.72. The third-order valence-corrected chi connectivity index (χ3v) is 4.17. The van der Waals surface area contributed by atoms with Crippen molar-refractivity contribution in [1.29, 1.82) is 0 Å². The SMILES string of the molecule is COc1cccc2c1CCN[C@@H]2CN1CCCC1. The molecule has 98 valence electrons. The van der Waals surface area contributed by atoms with Crippen LogP contribution in [0.5, 0.6) is 5.75 Å². The normalized spacial score (nSPS) is 23.9. The molecule has 0 saturated carbocycles. The fourth-order valence-corrected chi connectivity index (χ4v) is 3.24. The van der Waals surface area contributed by atoms with Crippen molar-refractivity contribution in [3.63, 3.8) is 0 Å². The molecule has 0 aliphatic carbocycles. The molecular formula is C15H22N2O. The fraction of sp³-hybridized carbons (Fsp3) is 0.600. The van der Waals surface area contributed by atoms with E-state index in [-0.39, 0.29) is 0 Å². The third kappa shape index (κ3) is 2.25. The molecule has 3 heteroatoms. The Morgan fingerprint density at radius 1 is 1.33 bits per heavy atom. The highest BCUT2D eigenvalue weighted by Gasteiger charge is 2.25. The molecule has 1 aromatic carbocycles. The first-order valence-corrected chi connectivity index (χ1v) is 7.00. The minimum absolute atomic E-state index is 0.474. The number of ether oxygens (including phenoxy) is 1. The number of benzene rings is 1. The van der Waals surface area contributed by atoms with Gasteiger partial charge in [0.25, 0.3) is 0 Å². The number of hydrogen-bond donors (Lipinski definition) is 1. The summed E-state index contributed by atoms with van der Waals surface area (Å²) in [5.41, 5.74) is 2.84. The van der Waals surface area contributed by atoms with Crippen LogP contribution in [0.1, 0.15) is 30.0 Å². The molecule has 2 heterocycles. The first-order chi connectivity index (χ1) is 8.88. The summed E-state index contributed by atoms with van der Waals surface area (Å²) in [4.78, 5) is 2.58. The molecule has 0 amide bonds. The summed E-state index contributed by atoms with van der Waals surface area (Å²) < 4.78 is 5.49.